The van der Waals surface area contributed by atoms with Crippen LogP contribution in [0.25, 0.3) is 0 Å². The van der Waals surface area contributed by atoms with E-state index in [-0.39, 0.29) is 32.1 Å². The molecule has 13 heavy (non-hydrogen) atoms. The number of thioether (sulfide) groups is 1. The molecule has 1 saturated carbocycles. The molecular weight excluding hydrogens is 293 g/mol. The first kappa shape index (κ1) is 12.9. The summed E-state index contributed by atoms with van der Waals surface area (Å²) < 4.78 is 0. The molecule has 1 fully saturated rings. The van der Waals surface area contributed by atoms with E-state index in [2.05, 4.69) is 0 Å². The summed E-state index contributed by atoms with van der Waals surface area (Å²) >= 11 is 31.8. The lowest BCUT2D eigenvalue weighted by molar-refractivity contribution is 0.550. The summed E-state index contributed by atoms with van der Waals surface area (Å²) in [5.41, 5.74) is 0. The van der Waals surface area contributed by atoms with Crippen LogP contribution in [0.15, 0.2) is 0 Å². The number of hydrogen-bond donors (Lipinski definition) is 0. The van der Waals surface area contributed by atoms with Crippen molar-refractivity contribution < 1.29 is 0 Å². The summed E-state index contributed by atoms with van der Waals surface area (Å²) in [5.74, 6) is 0. The molecule has 0 aromatic carbocycles. The van der Waals surface area contributed by atoms with Crippen LogP contribution in [0, 0.1) is 0 Å². The van der Waals surface area contributed by atoms with Gasteiger partial charge >= 0.3 is 0 Å². The highest BCUT2D eigenvalue weighted by molar-refractivity contribution is 7.99. The molecule has 0 unspecified atom stereocenters. The molecule has 0 bridgehead atoms. The highest BCUT2D eigenvalue weighted by Crippen LogP contribution is 2.41. The van der Waals surface area contributed by atoms with Gasteiger partial charge in [-0.05, 0) is 6.26 Å². The third-order valence-electron chi connectivity index (χ3n) is 2.12. The maximum atomic E-state index is 6.11. The Hall–Kier alpha value is 1.80. The van der Waals surface area contributed by atoms with E-state index < -0.39 is 0 Å². The van der Waals surface area contributed by atoms with E-state index in [4.69, 9.17) is 58.0 Å². The van der Waals surface area contributed by atoms with Gasteiger partial charge in [-0.1, -0.05) is 0 Å². The molecule has 0 aromatic heterocycles. The third kappa shape index (κ3) is 2.49. The standard InChI is InChI=1S/C7H9Cl5S/c1-13-7-5(11)3(9)2(8)4(10)6(7)12/h2-7H,1H3/t2?,3-,4-,5+,6+,7?/m0/s1. The average Bonchev–Trinajstić information content (AvgIpc) is 2.13. The molecule has 0 aliphatic heterocycles. The van der Waals surface area contributed by atoms with Crippen LogP contribution >= 0.6 is 69.8 Å². The SMILES string of the molecule is CSC1[C@H](Cl)[C@@H](Cl)C(Cl)[C@H](Cl)[C@H]1Cl. The van der Waals surface area contributed by atoms with Gasteiger partial charge in [0.2, 0.25) is 0 Å². The molecule has 0 heterocycles. The van der Waals surface area contributed by atoms with Gasteiger partial charge < -0.3 is 0 Å². The van der Waals surface area contributed by atoms with E-state index in [1.807, 2.05) is 6.26 Å². The Bertz CT molecular complexity index is 162. The Morgan fingerprint density at radius 1 is 0.692 bits per heavy atom. The van der Waals surface area contributed by atoms with Gasteiger partial charge in [-0.2, -0.15) is 11.8 Å². The molecule has 1 rings (SSSR count). The molecule has 1 aliphatic rings. The number of rotatable bonds is 1. The molecule has 0 spiro atoms. The second kappa shape index (κ2) is 5.23. The first-order chi connectivity index (χ1) is 6.00. The maximum absolute atomic E-state index is 6.11. The number of alkyl halides is 5. The van der Waals surface area contributed by atoms with Gasteiger partial charge in [-0.3, -0.25) is 0 Å². The Labute approximate surface area is 108 Å². The van der Waals surface area contributed by atoms with Crippen LogP contribution in [0.2, 0.25) is 0 Å². The third-order valence-corrected chi connectivity index (χ3v) is 6.78. The van der Waals surface area contributed by atoms with E-state index in [0.29, 0.717) is 0 Å². The second-order valence-corrected chi connectivity index (χ2v) is 6.46. The molecule has 6 heteroatoms. The van der Waals surface area contributed by atoms with Crippen LogP contribution < -0.4 is 0 Å². The van der Waals surface area contributed by atoms with Crippen LogP contribution in [0.1, 0.15) is 0 Å². The summed E-state index contributed by atoms with van der Waals surface area (Å²) in [5, 5.41) is -1.40. The summed E-state index contributed by atoms with van der Waals surface area (Å²) in [6.07, 6.45) is 1.94. The van der Waals surface area contributed by atoms with Crippen molar-refractivity contribution >= 4 is 69.8 Å². The van der Waals surface area contributed by atoms with Gasteiger partial charge in [0.1, 0.15) is 0 Å². The van der Waals surface area contributed by atoms with E-state index in [0.717, 1.165) is 0 Å². The largest absolute Gasteiger partial charge is 0.159 e. The van der Waals surface area contributed by atoms with Crippen molar-refractivity contribution in [3.63, 3.8) is 0 Å². The normalized spacial score (nSPS) is 52.2. The molecule has 0 aromatic rings. The van der Waals surface area contributed by atoms with E-state index in [1.165, 1.54) is 0 Å². The Balaban J connectivity index is 2.79. The summed E-state index contributed by atoms with van der Waals surface area (Å²) in [6.45, 7) is 0. The predicted molar refractivity (Wildman–Crippen MR) is 65.5 cm³/mol. The predicted octanol–water partition coefficient (Wildman–Crippen LogP) is 3.77. The fourth-order valence-electron chi connectivity index (χ4n) is 1.32. The Morgan fingerprint density at radius 3 is 1.31 bits per heavy atom. The summed E-state index contributed by atoms with van der Waals surface area (Å²) in [6, 6.07) is 0. The summed E-state index contributed by atoms with van der Waals surface area (Å²) in [4.78, 5) is 0. The fourth-order valence-corrected chi connectivity index (χ4v) is 4.84. The minimum absolute atomic E-state index is 0.0586. The molecular formula is C7H9Cl5S. The first-order valence-corrected chi connectivity index (χ1v) is 7.21. The Morgan fingerprint density at radius 2 is 1.00 bits per heavy atom. The zero-order chi connectivity index (χ0) is 10.2. The van der Waals surface area contributed by atoms with Crippen LogP contribution in [0.5, 0.6) is 0 Å². The molecule has 78 valence electrons. The van der Waals surface area contributed by atoms with Gasteiger partial charge in [0.05, 0.1) is 26.9 Å². The topological polar surface area (TPSA) is 0 Å². The second-order valence-electron chi connectivity index (χ2n) is 2.92. The molecule has 0 nitrogen and oxygen atoms in total. The summed E-state index contributed by atoms with van der Waals surface area (Å²) in [7, 11) is 0. The van der Waals surface area contributed by atoms with Crippen LogP contribution in [-0.2, 0) is 0 Å². The highest BCUT2D eigenvalue weighted by Gasteiger charge is 2.47. The smallest absolute Gasteiger partial charge is 0.0692 e. The van der Waals surface area contributed by atoms with Crippen molar-refractivity contribution in [2.24, 2.45) is 0 Å². The van der Waals surface area contributed by atoms with Crippen molar-refractivity contribution in [3.05, 3.63) is 0 Å². The lowest BCUT2D eigenvalue weighted by Crippen LogP contribution is -2.52. The molecule has 1 aliphatic carbocycles. The monoisotopic (exact) mass is 300 g/mol. The quantitative estimate of drug-likeness (QED) is 0.665. The van der Waals surface area contributed by atoms with Crippen LogP contribution in [-0.4, -0.2) is 38.4 Å². The Kier molecular flexibility index (Phi) is 5.17. The molecule has 0 radical (unpaired) electrons. The molecule has 4 atom stereocenters. The number of halogens is 5. The molecule has 0 N–H and O–H groups in total. The van der Waals surface area contributed by atoms with Crippen molar-refractivity contribution in [1.29, 1.82) is 0 Å². The van der Waals surface area contributed by atoms with Crippen molar-refractivity contribution in [2.45, 2.75) is 32.1 Å². The maximum Gasteiger partial charge on any atom is 0.0692 e. The van der Waals surface area contributed by atoms with Gasteiger partial charge in [-0.25, -0.2) is 0 Å². The average molecular weight is 302 g/mol. The van der Waals surface area contributed by atoms with Gasteiger partial charge in [0.15, 0.2) is 0 Å². The van der Waals surface area contributed by atoms with Gasteiger partial charge in [0.25, 0.3) is 0 Å². The minimum Gasteiger partial charge on any atom is -0.159 e. The minimum atomic E-state index is -0.364. The van der Waals surface area contributed by atoms with Crippen molar-refractivity contribution in [3.8, 4) is 0 Å². The van der Waals surface area contributed by atoms with E-state index in [9.17, 15) is 0 Å². The zero-order valence-electron chi connectivity index (χ0n) is 6.76. The molecule has 0 saturated heterocycles. The molecule has 0 amide bonds. The lowest BCUT2D eigenvalue weighted by Gasteiger charge is -2.40. The van der Waals surface area contributed by atoms with Gasteiger partial charge in [-0.15, -0.1) is 58.0 Å². The number of hydrogen-bond acceptors (Lipinski definition) is 1. The zero-order valence-corrected chi connectivity index (χ0v) is 11.4. The first-order valence-electron chi connectivity index (χ1n) is 3.74. The van der Waals surface area contributed by atoms with Crippen molar-refractivity contribution in [1.82, 2.24) is 0 Å². The van der Waals surface area contributed by atoms with E-state index >= 15 is 0 Å². The lowest BCUT2D eigenvalue weighted by atomic mass is 9.97. The van der Waals surface area contributed by atoms with Crippen molar-refractivity contribution in [2.75, 3.05) is 6.26 Å². The van der Waals surface area contributed by atoms with Gasteiger partial charge in [0, 0.05) is 5.25 Å². The highest BCUT2D eigenvalue weighted by atomic mass is 35.5. The van der Waals surface area contributed by atoms with E-state index in [1.54, 1.807) is 11.8 Å². The fraction of sp³-hybridized carbons (Fsp3) is 1.00. The van der Waals surface area contributed by atoms with Crippen LogP contribution in [0.4, 0.5) is 0 Å². The van der Waals surface area contributed by atoms with Crippen LogP contribution in [0.3, 0.4) is 0 Å².